The molecule has 2 saturated heterocycles. The molecule has 0 amide bonds. The first-order valence-corrected chi connectivity index (χ1v) is 6.97. The first kappa shape index (κ1) is 15.2. The van der Waals surface area contributed by atoms with Gasteiger partial charge in [0.05, 0.1) is 12.7 Å². The maximum atomic E-state index is 10.5. The monoisotopic (exact) mass is 307 g/mol. The second-order valence-corrected chi connectivity index (χ2v) is 5.14. The fourth-order valence-corrected chi connectivity index (χ4v) is 2.73. The standard InChI is InChI=1S/C14H17N3O5/c1-19-14-10(16-17-15)11(18)12-9(21-14)7-20-13(22-12)8-5-3-2-4-6-8/h2-6,9-14,18H,7H2,1H3/t9-,10+,11-,12-,13-,14+/m0/s1. The van der Waals surface area contributed by atoms with Crippen LogP contribution in [0.2, 0.25) is 0 Å². The topological polar surface area (TPSA) is 106 Å². The highest BCUT2D eigenvalue weighted by molar-refractivity contribution is 5.16. The summed E-state index contributed by atoms with van der Waals surface area (Å²) in [7, 11) is 1.43. The molecule has 22 heavy (non-hydrogen) atoms. The SMILES string of the molecule is CO[C@@H]1O[C@H]2CO[C@H](c3ccccc3)O[C@@H]2[C@@H](O)[C@H]1N=[N+]=[N-]. The van der Waals surface area contributed by atoms with E-state index >= 15 is 0 Å². The van der Waals surface area contributed by atoms with Gasteiger partial charge in [0.25, 0.3) is 0 Å². The van der Waals surface area contributed by atoms with Crippen molar-refractivity contribution in [2.75, 3.05) is 13.7 Å². The lowest BCUT2D eigenvalue weighted by Gasteiger charge is -2.46. The number of fused-ring (bicyclic) bond motifs is 1. The normalized spacial score (nSPS) is 37.9. The van der Waals surface area contributed by atoms with Gasteiger partial charge in [0.15, 0.2) is 12.6 Å². The molecule has 1 aromatic carbocycles. The first-order valence-electron chi connectivity index (χ1n) is 6.97. The smallest absolute Gasteiger partial charge is 0.184 e. The fourth-order valence-electron chi connectivity index (χ4n) is 2.73. The van der Waals surface area contributed by atoms with Gasteiger partial charge in [0.1, 0.15) is 18.2 Å². The number of azide groups is 1. The summed E-state index contributed by atoms with van der Waals surface area (Å²) in [6.07, 6.45) is -3.58. The summed E-state index contributed by atoms with van der Waals surface area (Å²) in [5.74, 6) is 0. The Hall–Kier alpha value is -1.67. The third-order valence-electron chi connectivity index (χ3n) is 3.82. The summed E-state index contributed by atoms with van der Waals surface area (Å²) in [6, 6.07) is 8.55. The molecule has 0 saturated carbocycles. The van der Waals surface area contributed by atoms with Crippen molar-refractivity contribution in [1.82, 2.24) is 0 Å². The largest absolute Gasteiger partial charge is 0.390 e. The van der Waals surface area contributed by atoms with Gasteiger partial charge in [0.2, 0.25) is 0 Å². The number of methoxy groups -OCH3 is 1. The minimum Gasteiger partial charge on any atom is -0.390 e. The van der Waals surface area contributed by atoms with Gasteiger partial charge in [-0.1, -0.05) is 35.4 Å². The summed E-state index contributed by atoms with van der Waals surface area (Å²) in [6.45, 7) is 0.254. The van der Waals surface area contributed by atoms with Crippen LogP contribution in [0.5, 0.6) is 0 Å². The Labute approximate surface area is 127 Å². The molecular formula is C14H17N3O5. The highest BCUT2D eigenvalue weighted by atomic mass is 16.7. The zero-order valence-electron chi connectivity index (χ0n) is 12.0. The van der Waals surface area contributed by atoms with Gasteiger partial charge in [-0.15, -0.1) is 0 Å². The van der Waals surface area contributed by atoms with Crippen LogP contribution in [0.15, 0.2) is 35.4 Å². The van der Waals surface area contributed by atoms with E-state index in [4.69, 9.17) is 24.5 Å². The Morgan fingerprint density at radius 1 is 1.32 bits per heavy atom. The number of ether oxygens (including phenoxy) is 4. The van der Waals surface area contributed by atoms with Crippen LogP contribution in [-0.2, 0) is 18.9 Å². The van der Waals surface area contributed by atoms with Crippen LogP contribution in [0, 0.1) is 0 Å². The van der Waals surface area contributed by atoms with Crippen LogP contribution in [0.4, 0.5) is 0 Å². The minimum absolute atomic E-state index is 0.254. The van der Waals surface area contributed by atoms with Gasteiger partial charge < -0.3 is 24.1 Å². The Morgan fingerprint density at radius 2 is 2.09 bits per heavy atom. The average Bonchev–Trinajstić information content (AvgIpc) is 2.58. The van der Waals surface area contributed by atoms with Gasteiger partial charge in [0, 0.05) is 17.6 Å². The van der Waals surface area contributed by atoms with E-state index in [9.17, 15) is 5.11 Å². The van der Waals surface area contributed by atoms with Crippen LogP contribution in [0.1, 0.15) is 11.9 Å². The molecule has 2 aliphatic rings. The van der Waals surface area contributed by atoms with E-state index in [0.717, 1.165) is 5.56 Å². The fraction of sp³-hybridized carbons (Fsp3) is 0.571. The predicted molar refractivity (Wildman–Crippen MR) is 74.6 cm³/mol. The molecule has 2 aliphatic heterocycles. The van der Waals surface area contributed by atoms with Crippen LogP contribution in [0.25, 0.3) is 10.4 Å². The molecule has 1 N–H and O–H groups in total. The molecule has 2 fully saturated rings. The highest BCUT2D eigenvalue weighted by Gasteiger charge is 2.49. The molecule has 6 atom stereocenters. The number of aliphatic hydroxyl groups excluding tert-OH is 1. The van der Waals surface area contributed by atoms with E-state index in [1.807, 2.05) is 30.3 Å². The third kappa shape index (κ3) is 2.80. The van der Waals surface area contributed by atoms with Crippen LogP contribution < -0.4 is 0 Å². The van der Waals surface area contributed by atoms with Crippen LogP contribution in [-0.4, -0.2) is 49.5 Å². The molecule has 0 spiro atoms. The van der Waals surface area contributed by atoms with Crippen molar-refractivity contribution < 1.29 is 24.1 Å². The van der Waals surface area contributed by atoms with Gasteiger partial charge in [-0.2, -0.15) is 0 Å². The van der Waals surface area contributed by atoms with Gasteiger partial charge in [-0.05, 0) is 5.53 Å². The maximum Gasteiger partial charge on any atom is 0.184 e. The molecule has 0 aromatic heterocycles. The Morgan fingerprint density at radius 3 is 2.77 bits per heavy atom. The van der Waals surface area contributed by atoms with E-state index in [1.54, 1.807) is 0 Å². The van der Waals surface area contributed by atoms with Crippen molar-refractivity contribution in [1.29, 1.82) is 0 Å². The molecule has 0 aliphatic carbocycles. The molecular weight excluding hydrogens is 290 g/mol. The van der Waals surface area contributed by atoms with E-state index in [-0.39, 0.29) is 6.61 Å². The molecule has 2 heterocycles. The molecule has 0 radical (unpaired) electrons. The van der Waals surface area contributed by atoms with Crippen molar-refractivity contribution in [2.24, 2.45) is 5.11 Å². The lowest BCUT2D eigenvalue weighted by atomic mass is 9.96. The molecule has 0 unspecified atom stereocenters. The van der Waals surface area contributed by atoms with Gasteiger partial charge in [-0.3, -0.25) is 0 Å². The van der Waals surface area contributed by atoms with Crippen molar-refractivity contribution in [3.63, 3.8) is 0 Å². The van der Waals surface area contributed by atoms with E-state index in [0.29, 0.717) is 0 Å². The lowest BCUT2D eigenvalue weighted by molar-refractivity contribution is -0.338. The van der Waals surface area contributed by atoms with Crippen molar-refractivity contribution in [2.45, 2.75) is 36.9 Å². The predicted octanol–water partition coefficient (Wildman–Crippen LogP) is 1.51. The highest BCUT2D eigenvalue weighted by Crippen LogP contribution is 2.35. The Balaban J connectivity index is 1.79. The van der Waals surface area contributed by atoms with Crippen molar-refractivity contribution >= 4 is 0 Å². The van der Waals surface area contributed by atoms with Crippen LogP contribution >= 0.6 is 0 Å². The summed E-state index contributed by atoms with van der Waals surface area (Å²) in [4.78, 5) is 2.74. The number of hydrogen-bond donors (Lipinski definition) is 1. The number of rotatable bonds is 3. The average molecular weight is 307 g/mol. The zero-order chi connectivity index (χ0) is 15.5. The second-order valence-electron chi connectivity index (χ2n) is 5.14. The second kappa shape index (κ2) is 6.62. The molecule has 3 rings (SSSR count). The minimum atomic E-state index is -1.03. The number of aliphatic hydroxyl groups is 1. The number of hydrogen-bond acceptors (Lipinski definition) is 6. The Kier molecular flexibility index (Phi) is 4.58. The molecule has 8 nitrogen and oxygen atoms in total. The van der Waals surface area contributed by atoms with E-state index in [1.165, 1.54) is 7.11 Å². The summed E-state index contributed by atoms with van der Waals surface area (Å²) in [5.41, 5.74) is 9.50. The number of nitrogens with zero attached hydrogens (tertiary/aromatic N) is 3. The number of benzene rings is 1. The van der Waals surface area contributed by atoms with Crippen LogP contribution in [0.3, 0.4) is 0 Å². The lowest BCUT2D eigenvalue weighted by Crippen LogP contribution is -2.61. The van der Waals surface area contributed by atoms with E-state index < -0.39 is 36.9 Å². The van der Waals surface area contributed by atoms with Crippen molar-refractivity contribution in [3.05, 3.63) is 46.3 Å². The van der Waals surface area contributed by atoms with Gasteiger partial charge >= 0.3 is 0 Å². The third-order valence-corrected chi connectivity index (χ3v) is 3.82. The first-order chi connectivity index (χ1) is 10.7. The van der Waals surface area contributed by atoms with E-state index in [2.05, 4.69) is 10.0 Å². The molecule has 8 heteroatoms. The molecule has 0 bridgehead atoms. The molecule has 1 aromatic rings. The summed E-state index contributed by atoms with van der Waals surface area (Å²) in [5, 5.41) is 14.0. The summed E-state index contributed by atoms with van der Waals surface area (Å²) >= 11 is 0. The Bertz CT molecular complexity index is 551. The summed E-state index contributed by atoms with van der Waals surface area (Å²) < 4.78 is 22.3. The van der Waals surface area contributed by atoms with Crippen molar-refractivity contribution in [3.8, 4) is 0 Å². The molecule has 118 valence electrons. The maximum absolute atomic E-state index is 10.5. The zero-order valence-corrected chi connectivity index (χ0v) is 12.0. The van der Waals surface area contributed by atoms with Gasteiger partial charge in [-0.25, -0.2) is 0 Å². The quantitative estimate of drug-likeness (QED) is 0.517.